The number of aldehydes is 1. The molecule has 0 aliphatic carbocycles. The Morgan fingerprint density at radius 1 is 1.18 bits per heavy atom. The molecule has 174 valence electrons. The van der Waals surface area contributed by atoms with Gasteiger partial charge in [0.15, 0.2) is 6.29 Å². The van der Waals surface area contributed by atoms with Crippen LogP contribution in [-0.4, -0.2) is 38.6 Å². The molecule has 0 fully saturated rings. The summed E-state index contributed by atoms with van der Waals surface area (Å²) in [5, 5.41) is 12.2. The maximum Gasteiger partial charge on any atom is 0.262 e. The second-order valence-electron chi connectivity index (χ2n) is 8.12. The molecule has 0 aromatic heterocycles. The first-order valence-electron chi connectivity index (χ1n) is 10.5. The minimum atomic E-state index is -0.523. The first-order chi connectivity index (χ1) is 15.7. The number of nitriles is 1. The van der Waals surface area contributed by atoms with Crippen molar-refractivity contribution < 1.29 is 23.8 Å². The predicted molar refractivity (Wildman–Crippen MR) is 126 cm³/mol. The van der Waals surface area contributed by atoms with Gasteiger partial charge >= 0.3 is 0 Å². The highest BCUT2D eigenvalue weighted by Gasteiger charge is 2.16. The molecule has 0 unspecified atom stereocenters. The van der Waals surface area contributed by atoms with Gasteiger partial charge < -0.3 is 19.5 Å². The van der Waals surface area contributed by atoms with Crippen LogP contribution in [0.25, 0.3) is 6.08 Å². The van der Waals surface area contributed by atoms with E-state index in [2.05, 4.69) is 5.32 Å². The fourth-order valence-corrected chi connectivity index (χ4v) is 2.99. The zero-order chi connectivity index (χ0) is 24.4. The molecule has 7 nitrogen and oxygen atoms in total. The maximum atomic E-state index is 12.5. The Kier molecular flexibility index (Phi) is 9.19. The van der Waals surface area contributed by atoms with Gasteiger partial charge in [0.05, 0.1) is 19.3 Å². The minimum absolute atomic E-state index is 0.0360. The Morgan fingerprint density at radius 2 is 1.94 bits per heavy atom. The van der Waals surface area contributed by atoms with Crippen LogP contribution in [0.15, 0.2) is 42.0 Å². The highest BCUT2D eigenvalue weighted by atomic mass is 16.5. The third kappa shape index (κ3) is 7.48. The van der Waals surface area contributed by atoms with Gasteiger partial charge in [0.2, 0.25) is 0 Å². The zero-order valence-corrected chi connectivity index (χ0v) is 19.7. The number of ether oxygens (including phenoxy) is 3. The van der Waals surface area contributed by atoms with Crippen LogP contribution in [0.1, 0.15) is 47.3 Å². The molecule has 0 bridgehead atoms. The number of carbonyl (C=O) groups excluding carboxylic acids is 2. The summed E-state index contributed by atoms with van der Waals surface area (Å²) in [7, 11) is 3.19. The van der Waals surface area contributed by atoms with Crippen molar-refractivity contribution in [1.82, 2.24) is 5.32 Å². The van der Waals surface area contributed by atoms with Gasteiger partial charge in [-0.3, -0.25) is 9.59 Å². The summed E-state index contributed by atoms with van der Waals surface area (Å²) in [4.78, 5) is 23.9. The molecule has 2 rings (SSSR count). The molecule has 0 spiro atoms. The number of nitrogens with one attached hydrogen (secondary N) is 1. The van der Waals surface area contributed by atoms with E-state index in [1.165, 1.54) is 13.2 Å². The Balaban J connectivity index is 2.06. The monoisotopic (exact) mass is 450 g/mol. The minimum Gasteiger partial charge on any atom is -0.497 e. The number of nitrogens with zero attached hydrogens (tertiary/aromatic N) is 1. The van der Waals surface area contributed by atoms with E-state index < -0.39 is 5.91 Å². The Morgan fingerprint density at radius 3 is 2.55 bits per heavy atom. The Hall–Kier alpha value is -3.63. The van der Waals surface area contributed by atoms with E-state index in [1.807, 2.05) is 39.0 Å². The quantitative estimate of drug-likeness (QED) is 0.313. The van der Waals surface area contributed by atoms with E-state index in [-0.39, 0.29) is 17.7 Å². The van der Waals surface area contributed by atoms with E-state index in [9.17, 15) is 14.9 Å². The number of aryl methyl sites for hydroxylation is 1. The number of methoxy groups -OCH3 is 2. The second kappa shape index (κ2) is 11.8. The fraction of sp³-hybridized carbons (Fsp3) is 0.346. The third-order valence-electron chi connectivity index (χ3n) is 5.31. The first-order valence-corrected chi connectivity index (χ1v) is 10.5. The molecule has 0 atom stereocenters. The SMILES string of the molecule is COc1ccc(CNC(=O)/C(C#N)=C/c2ccc(OCCC(C)(C)OC)c(C)c2)c(C=O)c1. The number of hydrogen-bond acceptors (Lipinski definition) is 6. The van der Waals surface area contributed by atoms with Crippen molar-refractivity contribution in [3.63, 3.8) is 0 Å². The van der Waals surface area contributed by atoms with Gasteiger partial charge in [-0.15, -0.1) is 0 Å². The van der Waals surface area contributed by atoms with Crippen LogP contribution >= 0.6 is 0 Å². The van der Waals surface area contributed by atoms with Gasteiger partial charge in [0, 0.05) is 25.6 Å². The van der Waals surface area contributed by atoms with Crippen molar-refractivity contribution in [1.29, 1.82) is 5.26 Å². The number of carbonyl (C=O) groups is 2. The van der Waals surface area contributed by atoms with E-state index in [0.717, 1.165) is 17.7 Å². The average Bonchev–Trinajstić information content (AvgIpc) is 2.82. The second-order valence-corrected chi connectivity index (χ2v) is 8.12. The van der Waals surface area contributed by atoms with Crippen LogP contribution in [0.5, 0.6) is 11.5 Å². The topological polar surface area (TPSA) is 97.7 Å². The average molecular weight is 451 g/mol. The van der Waals surface area contributed by atoms with Crippen LogP contribution in [0.4, 0.5) is 0 Å². The molecule has 0 aliphatic rings. The summed E-state index contributed by atoms with van der Waals surface area (Å²) >= 11 is 0. The molecule has 2 aromatic rings. The zero-order valence-electron chi connectivity index (χ0n) is 19.7. The molecule has 33 heavy (non-hydrogen) atoms. The summed E-state index contributed by atoms with van der Waals surface area (Å²) in [6, 6.07) is 12.4. The van der Waals surface area contributed by atoms with Crippen LogP contribution in [0.3, 0.4) is 0 Å². The summed E-state index contributed by atoms with van der Waals surface area (Å²) in [5.41, 5.74) is 2.35. The number of rotatable bonds is 11. The highest BCUT2D eigenvalue weighted by molar-refractivity contribution is 6.01. The number of benzene rings is 2. The van der Waals surface area contributed by atoms with Crippen molar-refractivity contribution in [3.05, 3.63) is 64.2 Å². The molecule has 2 aromatic carbocycles. The van der Waals surface area contributed by atoms with Crippen molar-refractivity contribution in [3.8, 4) is 17.6 Å². The van der Waals surface area contributed by atoms with E-state index in [0.29, 0.717) is 35.3 Å². The van der Waals surface area contributed by atoms with Crippen LogP contribution in [-0.2, 0) is 16.1 Å². The summed E-state index contributed by atoms with van der Waals surface area (Å²) < 4.78 is 16.4. The van der Waals surface area contributed by atoms with Gasteiger partial charge in [-0.05, 0) is 67.8 Å². The molecule has 0 radical (unpaired) electrons. The molecular weight excluding hydrogens is 420 g/mol. The lowest BCUT2D eigenvalue weighted by Gasteiger charge is -2.23. The van der Waals surface area contributed by atoms with Crippen LogP contribution < -0.4 is 14.8 Å². The normalized spacial score (nSPS) is 11.5. The van der Waals surface area contributed by atoms with E-state index in [1.54, 1.807) is 31.4 Å². The molecule has 0 saturated carbocycles. The smallest absolute Gasteiger partial charge is 0.262 e. The largest absolute Gasteiger partial charge is 0.497 e. The van der Waals surface area contributed by atoms with Gasteiger partial charge in [0.25, 0.3) is 5.91 Å². The van der Waals surface area contributed by atoms with Gasteiger partial charge in [-0.2, -0.15) is 5.26 Å². The van der Waals surface area contributed by atoms with E-state index >= 15 is 0 Å². The lowest BCUT2D eigenvalue weighted by Crippen LogP contribution is -2.25. The van der Waals surface area contributed by atoms with Crippen LogP contribution in [0, 0.1) is 18.3 Å². The maximum absolute atomic E-state index is 12.5. The molecule has 0 saturated heterocycles. The molecule has 1 amide bonds. The molecular formula is C26H30N2O5. The van der Waals surface area contributed by atoms with Crippen molar-refractivity contribution in [2.45, 2.75) is 39.3 Å². The van der Waals surface area contributed by atoms with Crippen LogP contribution in [0.2, 0.25) is 0 Å². The highest BCUT2D eigenvalue weighted by Crippen LogP contribution is 2.22. The lowest BCUT2D eigenvalue weighted by atomic mass is 10.1. The fourth-order valence-electron chi connectivity index (χ4n) is 2.99. The third-order valence-corrected chi connectivity index (χ3v) is 5.31. The van der Waals surface area contributed by atoms with Crippen molar-refractivity contribution in [2.75, 3.05) is 20.8 Å². The number of amides is 1. The van der Waals surface area contributed by atoms with Gasteiger partial charge in [-0.1, -0.05) is 12.1 Å². The standard InChI is InChI=1S/C26H30N2O5/c1-18-12-19(6-9-24(18)33-11-10-26(2,3)32-5)13-21(15-27)25(30)28-16-20-7-8-23(31-4)14-22(20)17-29/h6-9,12-14,17H,10-11,16H2,1-5H3,(H,28,30)/b21-13+. The van der Waals surface area contributed by atoms with Crippen molar-refractivity contribution >= 4 is 18.3 Å². The van der Waals surface area contributed by atoms with Crippen molar-refractivity contribution in [2.24, 2.45) is 0 Å². The van der Waals surface area contributed by atoms with Gasteiger partial charge in [-0.25, -0.2) is 0 Å². The summed E-state index contributed by atoms with van der Waals surface area (Å²) in [6.07, 6.45) is 2.96. The first kappa shape index (κ1) is 25.6. The Labute approximate surface area is 195 Å². The number of hydrogen-bond donors (Lipinski definition) is 1. The Bertz CT molecular complexity index is 1070. The molecule has 1 N–H and O–H groups in total. The van der Waals surface area contributed by atoms with Gasteiger partial charge in [0.1, 0.15) is 23.1 Å². The molecule has 0 aliphatic heterocycles. The molecule has 7 heteroatoms. The summed E-state index contributed by atoms with van der Waals surface area (Å²) in [5.74, 6) is 0.767. The molecule has 0 heterocycles. The lowest BCUT2D eigenvalue weighted by molar-refractivity contribution is -0.117. The summed E-state index contributed by atoms with van der Waals surface area (Å²) in [6.45, 7) is 6.53. The predicted octanol–water partition coefficient (Wildman–Crippen LogP) is 4.23. The van der Waals surface area contributed by atoms with E-state index in [4.69, 9.17) is 14.2 Å².